The number of halogens is 1. The van der Waals surface area contributed by atoms with E-state index >= 15 is 0 Å². The fourth-order valence-corrected chi connectivity index (χ4v) is 3.31. The lowest BCUT2D eigenvalue weighted by molar-refractivity contribution is -0.116. The third-order valence-corrected chi connectivity index (χ3v) is 5.41. The first kappa shape index (κ1) is 23.5. The van der Waals surface area contributed by atoms with Gasteiger partial charge < -0.3 is 10.2 Å². The Morgan fingerprint density at radius 2 is 1.69 bits per heavy atom. The first-order valence-electron chi connectivity index (χ1n) is 10.6. The first-order chi connectivity index (χ1) is 15.1. The van der Waals surface area contributed by atoms with Crippen molar-refractivity contribution in [3.63, 3.8) is 0 Å². The Hall–Kier alpha value is -3.12. The fourth-order valence-electron chi connectivity index (χ4n) is 3.19. The van der Waals surface area contributed by atoms with E-state index in [0.717, 1.165) is 23.4 Å². The minimum Gasteiger partial charge on any atom is -0.332 e. The second-order valence-corrected chi connectivity index (χ2v) is 9.25. The maximum Gasteiger partial charge on any atom is 0.254 e. The highest BCUT2D eigenvalue weighted by Gasteiger charge is 2.22. The van der Waals surface area contributed by atoms with Crippen LogP contribution in [0.1, 0.15) is 49.3 Å². The van der Waals surface area contributed by atoms with Gasteiger partial charge in [-0.3, -0.25) is 9.59 Å². The van der Waals surface area contributed by atoms with Crippen molar-refractivity contribution in [2.75, 3.05) is 18.9 Å². The van der Waals surface area contributed by atoms with Crippen LogP contribution < -0.4 is 5.32 Å². The topological polar surface area (TPSA) is 67.2 Å². The number of aromatic nitrogens is 2. The highest BCUT2D eigenvalue weighted by atomic mass is 35.5. The molecule has 0 saturated carbocycles. The molecule has 1 aromatic heterocycles. The molecule has 3 rings (SSSR count). The predicted octanol–water partition coefficient (Wildman–Crippen LogP) is 5.10. The van der Waals surface area contributed by atoms with Gasteiger partial charge in [0.2, 0.25) is 5.91 Å². The number of nitrogens with one attached hydrogen (secondary N) is 1. The number of anilines is 1. The Morgan fingerprint density at radius 3 is 2.25 bits per heavy atom. The summed E-state index contributed by atoms with van der Waals surface area (Å²) in [6.07, 6.45) is 0.907. The van der Waals surface area contributed by atoms with Crippen LogP contribution in [-0.2, 0) is 16.6 Å². The molecule has 0 spiro atoms. The number of amides is 2. The van der Waals surface area contributed by atoms with E-state index in [4.69, 9.17) is 16.7 Å². The van der Waals surface area contributed by atoms with Crippen LogP contribution in [0, 0.1) is 0 Å². The number of aryl methyl sites for hydroxylation is 1. The van der Waals surface area contributed by atoms with Gasteiger partial charge in [-0.2, -0.15) is 5.10 Å². The lowest BCUT2D eigenvalue weighted by Crippen LogP contribution is -2.35. The lowest BCUT2D eigenvalue weighted by atomic mass is 9.92. The number of likely N-dealkylation sites (N-methyl/N-ethyl adjacent to an activating group) is 1. The third-order valence-electron chi connectivity index (χ3n) is 5.15. The molecule has 0 radical (unpaired) electrons. The van der Waals surface area contributed by atoms with E-state index in [-0.39, 0.29) is 23.8 Å². The standard InChI is InChI=1S/C25H29ClN4O2/c1-6-17-7-9-18(10-8-17)24(32)29(5)16-23(31)27-22-15-21(25(2,3)4)28-30(22)20-13-11-19(26)12-14-20/h7-15H,6,16H2,1-5H3,(H,27,31). The minimum atomic E-state index is -0.304. The van der Waals surface area contributed by atoms with Crippen LogP contribution in [0.15, 0.2) is 54.6 Å². The SMILES string of the molecule is CCc1ccc(C(=O)N(C)CC(=O)Nc2cc(C(C)(C)C)nn2-c2ccc(Cl)cc2)cc1. The second kappa shape index (κ2) is 9.57. The predicted molar refractivity (Wildman–Crippen MR) is 129 cm³/mol. The lowest BCUT2D eigenvalue weighted by Gasteiger charge is -2.17. The molecule has 0 bridgehead atoms. The summed E-state index contributed by atoms with van der Waals surface area (Å²) >= 11 is 6.02. The molecule has 0 fully saturated rings. The zero-order valence-electron chi connectivity index (χ0n) is 19.1. The zero-order chi connectivity index (χ0) is 23.5. The monoisotopic (exact) mass is 452 g/mol. The summed E-state index contributed by atoms with van der Waals surface area (Å²) < 4.78 is 1.68. The van der Waals surface area contributed by atoms with Crippen molar-refractivity contribution in [2.24, 2.45) is 0 Å². The normalized spacial score (nSPS) is 11.3. The van der Waals surface area contributed by atoms with Gasteiger partial charge in [0.1, 0.15) is 5.82 Å². The summed E-state index contributed by atoms with van der Waals surface area (Å²) in [5, 5.41) is 8.22. The first-order valence-corrected chi connectivity index (χ1v) is 11.0. The van der Waals surface area contributed by atoms with E-state index in [1.807, 2.05) is 30.3 Å². The van der Waals surface area contributed by atoms with Gasteiger partial charge in [-0.1, -0.05) is 51.4 Å². The fraction of sp³-hybridized carbons (Fsp3) is 0.320. The van der Waals surface area contributed by atoms with Gasteiger partial charge >= 0.3 is 0 Å². The Morgan fingerprint density at radius 1 is 1.06 bits per heavy atom. The maximum atomic E-state index is 12.8. The summed E-state index contributed by atoms with van der Waals surface area (Å²) in [5.41, 5.74) is 3.13. The Kier molecular flexibility index (Phi) is 7.04. The van der Waals surface area contributed by atoms with Crippen molar-refractivity contribution in [1.82, 2.24) is 14.7 Å². The molecule has 1 N–H and O–H groups in total. The number of hydrogen-bond donors (Lipinski definition) is 1. The van der Waals surface area contributed by atoms with Crippen LogP contribution in [0.25, 0.3) is 5.69 Å². The van der Waals surface area contributed by atoms with E-state index < -0.39 is 0 Å². The Bertz CT molecular complexity index is 1100. The van der Waals surface area contributed by atoms with Gasteiger partial charge in [-0.25, -0.2) is 4.68 Å². The van der Waals surface area contributed by atoms with Gasteiger partial charge in [0.25, 0.3) is 5.91 Å². The molecule has 0 aliphatic heterocycles. The van der Waals surface area contributed by atoms with Crippen LogP contribution in [0.5, 0.6) is 0 Å². The number of carbonyl (C=O) groups is 2. The van der Waals surface area contributed by atoms with Crippen molar-refractivity contribution >= 4 is 29.2 Å². The van der Waals surface area contributed by atoms with Crippen molar-refractivity contribution in [2.45, 2.75) is 39.5 Å². The van der Waals surface area contributed by atoms with Crippen LogP contribution in [0.4, 0.5) is 5.82 Å². The van der Waals surface area contributed by atoms with Crippen molar-refractivity contribution in [1.29, 1.82) is 0 Å². The average Bonchev–Trinajstić information content (AvgIpc) is 3.18. The van der Waals surface area contributed by atoms with Crippen molar-refractivity contribution in [3.8, 4) is 5.69 Å². The molecule has 3 aromatic rings. The number of hydrogen-bond acceptors (Lipinski definition) is 3. The molecule has 0 aliphatic rings. The highest BCUT2D eigenvalue weighted by Crippen LogP contribution is 2.27. The molecular weight excluding hydrogens is 424 g/mol. The number of nitrogens with zero attached hydrogens (tertiary/aromatic N) is 3. The molecule has 0 saturated heterocycles. The molecule has 0 unspecified atom stereocenters. The highest BCUT2D eigenvalue weighted by molar-refractivity contribution is 6.30. The number of benzene rings is 2. The molecule has 32 heavy (non-hydrogen) atoms. The number of carbonyl (C=O) groups excluding carboxylic acids is 2. The van der Waals surface area contributed by atoms with E-state index in [0.29, 0.717) is 16.4 Å². The minimum absolute atomic E-state index is 0.0784. The van der Waals surface area contributed by atoms with Gasteiger partial charge in [0.15, 0.2) is 0 Å². The third kappa shape index (κ3) is 5.56. The summed E-state index contributed by atoms with van der Waals surface area (Å²) in [7, 11) is 1.62. The summed E-state index contributed by atoms with van der Waals surface area (Å²) in [4.78, 5) is 26.9. The molecule has 2 aromatic carbocycles. The van der Waals surface area contributed by atoms with Crippen LogP contribution in [0.2, 0.25) is 5.02 Å². The molecule has 2 amide bonds. The molecule has 6 nitrogen and oxygen atoms in total. The van der Waals surface area contributed by atoms with E-state index in [2.05, 4.69) is 33.0 Å². The van der Waals surface area contributed by atoms with Crippen molar-refractivity contribution < 1.29 is 9.59 Å². The molecule has 0 atom stereocenters. The van der Waals surface area contributed by atoms with E-state index in [1.54, 1.807) is 36.0 Å². The summed E-state index contributed by atoms with van der Waals surface area (Å²) in [5.74, 6) is 0.0291. The van der Waals surface area contributed by atoms with Crippen molar-refractivity contribution in [3.05, 3.63) is 76.4 Å². The van der Waals surface area contributed by atoms with E-state index in [1.165, 1.54) is 4.90 Å². The van der Waals surface area contributed by atoms with Crippen LogP contribution in [0.3, 0.4) is 0 Å². The quantitative estimate of drug-likeness (QED) is 0.566. The van der Waals surface area contributed by atoms with Gasteiger partial charge in [0, 0.05) is 29.1 Å². The summed E-state index contributed by atoms with van der Waals surface area (Å²) in [6.45, 7) is 8.16. The molecule has 168 valence electrons. The Balaban J connectivity index is 1.77. The van der Waals surface area contributed by atoms with Gasteiger partial charge in [-0.15, -0.1) is 0 Å². The average molecular weight is 453 g/mol. The van der Waals surface area contributed by atoms with Crippen LogP contribution in [-0.4, -0.2) is 40.1 Å². The second-order valence-electron chi connectivity index (χ2n) is 8.81. The largest absolute Gasteiger partial charge is 0.332 e. The van der Waals surface area contributed by atoms with Gasteiger partial charge in [0.05, 0.1) is 17.9 Å². The molecular formula is C25H29ClN4O2. The molecule has 0 aliphatic carbocycles. The van der Waals surface area contributed by atoms with Crippen LogP contribution >= 0.6 is 11.6 Å². The van der Waals surface area contributed by atoms with Gasteiger partial charge in [-0.05, 0) is 48.4 Å². The maximum absolute atomic E-state index is 12.8. The number of rotatable bonds is 6. The molecule has 1 heterocycles. The van der Waals surface area contributed by atoms with E-state index in [9.17, 15) is 9.59 Å². The zero-order valence-corrected chi connectivity index (χ0v) is 19.9. The summed E-state index contributed by atoms with van der Waals surface area (Å²) in [6, 6.07) is 16.5. The Labute approximate surface area is 194 Å². The molecule has 7 heteroatoms. The smallest absolute Gasteiger partial charge is 0.254 e.